The third-order valence-corrected chi connectivity index (χ3v) is 8.50. The second kappa shape index (κ2) is 13.6. The molecule has 1 aliphatic heterocycles. The van der Waals surface area contributed by atoms with Crippen molar-refractivity contribution in [2.24, 2.45) is 5.92 Å². The first-order valence-corrected chi connectivity index (χ1v) is 15.9. The molecule has 1 saturated heterocycles. The summed E-state index contributed by atoms with van der Waals surface area (Å²) in [5, 5.41) is 15.1. The molecule has 1 atom stereocenters. The number of hydrogen-bond donors (Lipinski definition) is 2. The first-order valence-electron chi connectivity index (χ1n) is 15.0. The number of aromatic nitrogens is 3. The van der Waals surface area contributed by atoms with Crippen LogP contribution in [0, 0.1) is 5.92 Å². The number of carbonyl (C=O) groups excluding carboxylic acids is 2. The van der Waals surface area contributed by atoms with E-state index in [-0.39, 0.29) is 47.9 Å². The van der Waals surface area contributed by atoms with Crippen LogP contribution in [0.15, 0.2) is 36.0 Å². The van der Waals surface area contributed by atoms with Gasteiger partial charge in [0, 0.05) is 30.6 Å². The minimum atomic E-state index is -4.77. The molecule has 2 aliphatic rings. The van der Waals surface area contributed by atoms with Crippen LogP contribution >= 0.6 is 11.3 Å². The van der Waals surface area contributed by atoms with E-state index in [1.54, 1.807) is 37.1 Å². The Kier molecular flexibility index (Phi) is 9.80. The molecule has 14 heteroatoms. The number of alkyl carbamates (subject to hydrolysis) is 1. The highest BCUT2D eigenvalue weighted by molar-refractivity contribution is 7.13. The van der Waals surface area contributed by atoms with Crippen molar-refractivity contribution < 1.29 is 32.2 Å². The van der Waals surface area contributed by atoms with Crippen molar-refractivity contribution in [3.8, 4) is 16.3 Å². The van der Waals surface area contributed by atoms with Gasteiger partial charge >= 0.3 is 12.3 Å². The monoisotopic (exact) mass is 646 g/mol. The Balaban J connectivity index is 1.45. The Morgan fingerprint density at radius 1 is 1.07 bits per heavy atom. The van der Waals surface area contributed by atoms with E-state index in [1.807, 2.05) is 0 Å². The number of thiazole rings is 1. The first kappa shape index (κ1) is 32.5. The maximum atomic E-state index is 15.0. The fourth-order valence-electron chi connectivity index (χ4n) is 5.65. The highest BCUT2D eigenvalue weighted by Crippen LogP contribution is 2.48. The quantitative estimate of drug-likeness (QED) is 0.271. The molecule has 45 heavy (non-hydrogen) atoms. The van der Waals surface area contributed by atoms with E-state index in [0.29, 0.717) is 42.8 Å². The Morgan fingerprint density at radius 2 is 1.84 bits per heavy atom. The van der Waals surface area contributed by atoms with Crippen molar-refractivity contribution in [2.75, 3.05) is 29.9 Å². The summed E-state index contributed by atoms with van der Waals surface area (Å²) >= 11 is 1.22. The van der Waals surface area contributed by atoms with E-state index < -0.39 is 29.3 Å². The second-order valence-corrected chi connectivity index (χ2v) is 13.2. The molecule has 3 aromatic rings. The van der Waals surface area contributed by atoms with Crippen LogP contribution in [-0.4, -0.2) is 58.5 Å². The average Bonchev–Trinajstić information content (AvgIpc) is 3.69. The molecule has 0 radical (unpaired) electrons. The molecule has 0 unspecified atom stereocenters. The Hall–Kier alpha value is -3.94. The molecule has 1 saturated carbocycles. The number of rotatable bonds is 8. The van der Waals surface area contributed by atoms with Crippen molar-refractivity contribution in [3.63, 3.8) is 0 Å². The number of halogens is 3. The van der Waals surface area contributed by atoms with E-state index in [4.69, 9.17) is 9.47 Å². The molecular formula is C31H37F3N6O4S. The molecule has 1 aromatic carbocycles. The van der Waals surface area contributed by atoms with Crippen molar-refractivity contribution in [2.45, 2.75) is 77.2 Å². The fraction of sp³-hybridized carbons (Fsp3) is 0.516. The largest absolute Gasteiger partial charge is 0.490 e. The molecule has 10 nitrogen and oxygen atoms in total. The summed E-state index contributed by atoms with van der Waals surface area (Å²) in [6.07, 6.45) is 1.84. The second-order valence-electron chi connectivity index (χ2n) is 12.3. The normalized spacial score (nSPS) is 17.6. The number of carbonyl (C=O) groups is 2. The molecule has 0 bridgehead atoms. The number of amides is 2. The highest BCUT2D eigenvalue weighted by Gasteiger charge is 2.42. The fourth-order valence-corrected chi connectivity index (χ4v) is 6.44. The summed E-state index contributed by atoms with van der Waals surface area (Å²) in [5.74, 6) is -1.04. The molecule has 2 fully saturated rings. The zero-order chi connectivity index (χ0) is 32.2. The maximum Gasteiger partial charge on any atom is 0.422 e. The van der Waals surface area contributed by atoms with Gasteiger partial charge in [0.25, 0.3) is 5.91 Å². The lowest BCUT2D eigenvalue weighted by atomic mass is 9.96. The van der Waals surface area contributed by atoms with Gasteiger partial charge in [-0.3, -0.25) is 4.79 Å². The van der Waals surface area contributed by atoms with Crippen LogP contribution in [0.2, 0.25) is 0 Å². The summed E-state index contributed by atoms with van der Waals surface area (Å²) in [7, 11) is 0. The predicted molar refractivity (Wildman–Crippen MR) is 165 cm³/mol. The van der Waals surface area contributed by atoms with Gasteiger partial charge in [0.05, 0.1) is 29.9 Å². The molecular weight excluding hydrogens is 609 g/mol. The standard InChI is InChI=1S/C31H37F3N6O4S/c1-30(2,3)44-29(42)35-15-19-7-6-14-40(17-19)26-22(10-11-24(25(26)31(32,33)34)43-21-8-4-5-9-21)38-27(41)23-18-45-28(39-23)20-12-13-36-37-16-20/h10-13,16,18-19,21H,4-9,14-15,17H2,1-3H3,(H,35,42)(H,38,41)/t19-/m0/s1. The minimum absolute atomic E-state index is 0.00646. The van der Waals surface area contributed by atoms with Crippen molar-refractivity contribution >= 4 is 34.7 Å². The molecule has 2 aromatic heterocycles. The third kappa shape index (κ3) is 8.41. The Labute approximate surface area is 263 Å². The molecule has 5 rings (SSSR count). The zero-order valence-electron chi connectivity index (χ0n) is 25.4. The predicted octanol–water partition coefficient (Wildman–Crippen LogP) is 6.93. The van der Waals surface area contributed by atoms with Gasteiger partial charge < -0.3 is 25.0 Å². The van der Waals surface area contributed by atoms with Crippen molar-refractivity contribution in [1.29, 1.82) is 0 Å². The van der Waals surface area contributed by atoms with Gasteiger partial charge in [-0.05, 0) is 83.4 Å². The van der Waals surface area contributed by atoms with Gasteiger partial charge in [-0.15, -0.1) is 11.3 Å². The van der Waals surface area contributed by atoms with Gasteiger partial charge in [0.1, 0.15) is 27.6 Å². The highest BCUT2D eigenvalue weighted by atomic mass is 32.1. The molecule has 2 N–H and O–H groups in total. The third-order valence-electron chi connectivity index (χ3n) is 7.60. The number of anilines is 2. The summed E-state index contributed by atoms with van der Waals surface area (Å²) in [6, 6.07) is 4.46. The van der Waals surface area contributed by atoms with E-state index in [9.17, 15) is 22.8 Å². The number of benzene rings is 1. The van der Waals surface area contributed by atoms with Crippen molar-refractivity contribution in [1.82, 2.24) is 20.5 Å². The van der Waals surface area contributed by atoms with Crippen molar-refractivity contribution in [3.05, 3.63) is 47.2 Å². The Morgan fingerprint density at radius 3 is 2.53 bits per heavy atom. The minimum Gasteiger partial charge on any atom is -0.490 e. The topological polar surface area (TPSA) is 119 Å². The number of ether oxygens (including phenoxy) is 2. The van der Waals surface area contributed by atoms with Gasteiger partial charge in [-0.1, -0.05) is 0 Å². The summed E-state index contributed by atoms with van der Waals surface area (Å²) < 4.78 is 56.2. The first-order chi connectivity index (χ1) is 21.4. The molecule has 1 aliphatic carbocycles. The maximum absolute atomic E-state index is 15.0. The van der Waals surface area contributed by atoms with Crippen LogP contribution in [0.4, 0.5) is 29.3 Å². The average molecular weight is 647 g/mol. The van der Waals surface area contributed by atoms with E-state index >= 15 is 0 Å². The van der Waals surface area contributed by atoms with Crippen LogP contribution in [0.1, 0.15) is 75.3 Å². The molecule has 242 valence electrons. The van der Waals surface area contributed by atoms with Crippen LogP contribution in [0.5, 0.6) is 5.75 Å². The Bertz CT molecular complexity index is 1490. The number of nitrogens with zero attached hydrogens (tertiary/aromatic N) is 4. The lowest BCUT2D eigenvalue weighted by Crippen LogP contribution is -2.43. The molecule has 0 spiro atoms. The number of piperidine rings is 1. The van der Waals surface area contributed by atoms with E-state index in [0.717, 1.165) is 12.8 Å². The lowest BCUT2D eigenvalue weighted by Gasteiger charge is -2.37. The van der Waals surface area contributed by atoms with Crippen LogP contribution in [0.3, 0.4) is 0 Å². The SMILES string of the molecule is CC(C)(C)OC(=O)NC[C@@H]1CCCN(c2c(NC(=O)c3csc(-c4ccnnc4)n3)ccc(OC3CCCC3)c2C(F)(F)F)C1. The summed E-state index contributed by atoms with van der Waals surface area (Å²) in [5.41, 5.74) is -1.01. The van der Waals surface area contributed by atoms with Crippen LogP contribution < -0.4 is 20.3 Å². The zero-order valence-corrected chi connectivity index (χ0v) is 26.3. The van der Waals surface area contributed by atoms with Gasteiger partial charge in [0.15, 0.2) is 0 Å². The summed E-state index contributed by atoms with van der Waals surface area (Å²) in [6.45, 7) is 6.06. The number of alkyl halides is 3. The molecule has 3 heterocycles. The lowest BCUT2D eigenvalue weighted by molar-refractivity contribution is -0.138. The molecule has 2 amide bonds. The van der Waals surface area contributed by atoms with Crippen LogP contribution in [-0.2, 0) is 10.9 Å². The van der Waals surface area contributed by atoms with Crippen LogP contribution in [0.25, 0.3) is 10.6 Å². The van der Waals surface area contributed by atoms with Gasteiger partial charge in [-0.25, -0.2) is 9.78 Å². The van der Waals surface area contributed by atoms with Gasteiger partial charge in [-0.2, -0.15) is 23.4 Å². The number of hydrogen-bond acceptors (Lipinski definition) is 9. The van der Waals surface area contributed by atoms with E-state index in [2.05, 4.69) is 25.8 Å². The van der Waals surface area contributed by atoms with Gasteiger partial charge in [0.2, 0.25) is 0 Å². The van der Waals surface area contributed by atoms with E-state index in [1.165, 1.54) is 35.9 Å². The summed E-state index contributed by atoms with van der Waals surface area (Å²) in [4.78, 5) is 31.7. The number of nitrogens with one attached hydrogen (secondary N) is 2. The smallest absolute Gasteiger partial charge is 0.422 e.